The van der Waals surface area contributed by atoms with Crippen LogP contribution >= 0.6 is 11.3 Å². The number of aromatic nitrogens is 3. The molecule has 3 rings (SSSR count). The van der Waals surface area contributed by atoms with Crippen LogP contribution in [0.4, 0.5) is 0 Å². The summed E-state index contributed by atoms with van der Waals surface area (Å²) in [6.45, 7) is 7.50. The molecule has 0 bridgehead atoms. The molecule has 5 nitrogen and oxygen atoms in total. The molecule has 0 spiro atoms. The molecule has 0 aromatic carbocycles. The van der Waals surface area contributed by atoms with Crippen LogP contribution in [0.25, 0.3) is 0 Å². The molecule has 6 heteroatoms. The third kappa shape index (κ3) is 3.02. The van der Waals surface area contributed by atoms with Gasteiger partial charge in [-0.15, -0.1) is 11.3 Å². The van der Waals surface area contributed by atoms with Crippen molar-refractivity contribution in [2.75, 3.05) is 19.7 Å². The van der Waals surface area contributed by atoms with Crippen LogP contribution in [0.3, 0.4) is 0 Å². The molecule has 102 valence electrons. The predicted octanol–water partition coefficient (Wildman–Crippen LogP) is 2.06. The zero-order valence-electron chi connectivity index (χ0n) is 11.2. The van der Waals surface area contributed by atoms with E-state index in [2.05, 4.69) is 25.2 Å². The second-order valence-electron chi connectivity index (χ2n) is 4.90. The highest BCUT2D eigenvalue weighted by atomic mass is 32.1. The maximum absolute atomic E-state index is 5.80. The number of nitrogens with one attached hydrogen (secondary N) is 1. The van der Waals surface area contributed by atoms with E-state index in [1.54, 1.807) is 11.3 Å². The summed E-state index contributed by atoms with van der Waals surface area (Å²) >= 11 is 1.71. The van der Waals surface area contributed by atoms with Gasteiger partial charge in [-0.05, 0) is 13.8 Å². The van der Waals surface area contributed by atoms with Crippen molar-refractivity contribution in [2.45, 2.75) is 26.5 Å². The Hall–Kier alpha value is -1.24. The van der Waals surface area contributed by atoms with Gasteiger partial charge in [0.15, 0.2) is 0 Å². The zero-order chi connectivity index (χ0) is 13.2. The van der Waals surface area contributed by atoms with Crippen LogP contribution in [0, 0.1) is 13.8 Å². The number of ether oxygens (including phenoxy) is 1. The number of nitrogens with zero attached hydrogens (tertiary/aromatic N) is 3. The van der Waals surface area contributed by atoms with Crippen LogP contribution in [-0.4, -0.2) is 39.5 Å². The van der Waals surface area contributed by atoms with E-state index in [9.17, 15) is 0 Å². The maximum atomic E-state index is 5.80. The van der Waals surface area contributed by atoms with E-state index in [1.165, 1.54) is 0 Å². The highest BCUT2D eigenvalue weighted by Gasteiger charge is 2.24. The molecule has 2 aromatic heterocycles. The van der Waals surface area contributed by atoms with E-state index in [4.69, 9.17) is 4.74 Å². The molecular weight excluding hydrogens is 260 g/mol. The molecule has 0 saturated carbocycles. The van der Waals surface area contributed by atoms with E-state index in [0.29, 0.717) is 0 Å². The van der Waals surface area contributed by atoms with Crippen LogP contribution in [-0.2, 0) is 11.3 Å². The van der Waals surface area contributed by atoms with E-state index >= 15 is 0 Å². The van der Waals surface area contributed by atoms with E-state index < -0.39 is 0 Å². The zero-order valence-corrected chi connectivity index (χ0v) is 12.0. The van der Waals surface area contributed by atoms with Gasteiger partial charge in [0.25, 0.3) is 0 Å². The highest BCUT2D eigenvalue weighted by Crippen LogP contribution is 2.21. The van der Waals surface area contributed by atoms with Gasteiger partial charge < -0.3 is 9.72 Å². The summed E-state index contributed by atoms with van der Waals surface area (Å²) in [7, 11) is 0. The minimum Gasteiger partial charge on any atom is -0.368 e. The van der Waals surface area contributed by atoms with E-state index in [0.717, 1.165) is 48.5 Å². The Bertz CT molecular complexity index is 550. The Morgan fingerprint density at radius 1 is 1.53 bits per heavy atom. The molecule has 1 aliphatic heterocycles. The number of thiazole rings is 1. The molecule has 1 fully saturated rings. The monoisotopic (exact) mass is 278 g/mol. The average Bonchev–Trinajstić information content (AvgIpc) is 2.99. The number of hydrogen-bond donors (Lipinski definition) is 1. The number of morpholine rings is 1. The molecule has 2 aromatic rings. The molecule has 0 radical (unpaired) electrons. The summed E-state index contributed by atoms with van der Waals surface area (Å²) in [4.78, 5) is 14.5. The van der Waals surface area contributed by atoms with Crippen LogP contribution in [0.1, 0.15) is 28.3 Å². The Morgan fingerprint density at radius 3 is 3.11 bits per heavy atom. The Kier molecular flexibility index (Phi) is 3.63. The SMILES string of the molecule is Cc1cnc([C@@H]2CN(Cc3csc(C)n3)CCO2)[nH]1. The standard InChI is InChI=1S/C13H18N4OS/c1-9-5-14-13(15-9)12-7-17(3-4-18-12)6-11-8-19-10(2)16-11/h5,8,12H,3-4,6-7H2,1-2H3,(H,14,15)/t12-/m0/s1. The Morgan fingerprint density at radius 2 is 2.42 bits per heavy atom. The molecule has 19 heavy (non-hydrogen) atoms. The third-order valence-corrected chi connectivity index (χ3v) is 4.05. The van der Waals surface area contributed by atoms with Gasteiger partial charge in [0.1, 0.15) is 11.9 Å². The first-order valence-corrected chi connectivity index (χ1v) is 7.35. The predicted molar refractivity (Wildman–Crippen MR) is 74.1 cm³/mol. The minimum atomic E-state index is 0.0437. The molecule has 1 saturated heterocycles. The van der Waals surface area contributed by atoms with Gasteiger partial charge in [0.05, 0.1) is 17.3 Å². The molecule has 3 heterocycles. The number of aryl methyl sites for hydroxylation is 2. The first-order valence-electron chi connectivity index (χ1n) is 6.47. The Labute approximate surface area is 116 Å². The summed E-state index contributed by atoms with van der Waals surface area (Å²) in [5, 5.41) is 3.26. The normalized spacial score (nSPS) is 20.8. The quantitative estimate of drug-likeness (QED) is 0.933. The van der Waals surface area contributed by atoms with Gasteiger partial charge in [-0.1, -0.05) is 0 Å². The fourth-order valence-electron chi connectivity index (χ4n) is 2.32. The molecule has 0 unspecified atom stereocenters. The van der Waals surface area contributed by atoms with Gasteiger partial charge >= 0.3 is 0 Å². The van der Waals surface area contributed by atoms with Crippen molar-refractivity contribution in [3.63, 3.8) is 0 Å². The first-order chi connectivity index (χ1) is 9.20. The number of hydrogen-bond acceptors (Lipinski definition) is 5. The van der Waals surface area contributed by atoms with Gasteiger partial charge in [0, 0.05) is 36.9 Å². The topological polar surface area (TPSA) is 54.0 Å². The lowest BCUT2D eigenvalue weighted by molar-refractivity contribution is -0.0371. The van der Waals surface area contributed by atoms with Crippen LogP contribution in [0.2, 0.25) is 0 Å². The largest absolute Gasteiger partial charge is 0.368 e. The lowest BCUT2D eigenvalue weighted by atomic mass is 10.2. The van der Waals surface area contributed by atoms with E-state index in [-0.39, 0.29) is 6.10 Å². The van der Waals surface area contributed by atoms with Crippen molar-refractivity contribution in [1.29, 1.82) is 0 Å². The van der Waals surface area contributed by atoms with Crippen molar-refractivity contribution in [1.82, 2.24) is 19.9 Å². The molecular formula is C13H18N4OS. The fourth-order valence-corrected chi connectivity index (χ4v) is 2.92. The molecule has 1 aliphatic rings. The Balaban J connectivity index is 1.64. The molecule has 0 amide bonds. The van der Waals surface area contributed by atoms with Crippen molar-refractivity contribution < 1.29 is 4.74 Å². The van der Waals surface area contributed by atoms with Crippen molar-refractivity contribution in [3.8, 4) is 0 Å². The highest BCUT2D eigenvalue weighted by molar-refractivity contribution is 7.09. The number of imidazole rings is 1. The summed E-state index contributed by atoms with van der Waals surface area (Å²) in [6, 6.07) is 0. The average molecular weight is 278 g/mol. The van der Waals surface area contributed by atoms with Gasteiger partial charge in [-0.3, -0.25) is 4.90 Å². The second-order valence-corrected chi connectivity index (χ2v) is 5.97. The fraction of sp³-hybridized carbons (Fsp3) is 0.538. The molecule has 0 aliphatic carbocycles. The third-order valence-electron chi connectivity index (χ3n) is 3.23. The summed E-state index contributed by atoms with van der Waals surface area (Å²) < 4.78 is 5.80. The summed E-state index contributed by atoms with van der Waals surface area (Å²) in [6.07, 6.45) is 1.89. The maximum Gasteiger partial charge on any atom is 0.136 e. The van der Waals surface area contributed by atoms with E-state index in [1.807, 2.05) is 20.0 Å². The first kappa shape index (κ1) is 12.8. The van der Waals surface area contributed by atoms with Gasteiger partial charge in [-0.2, -0.15) is 0 Å². The minimum absolute atomic E-state index is 0.0437. The lowest BCUT2D eigenvalue weighted by Gasteiger charge is -2.31. The van der Waals surface area contributed by atoms with Gasteiger partial charge in [-0.25, -0.2) is 9.97 Å². The number of H-pyrrole nitrogens is 1. The lowest BCUT2D eigenvalue weighted by Crippen LogP contribution is -2.38. The summed E-state index contributed by atoms with van der Waals surface area (Å²) in [5.41, 5.74) is 2.23. The molecule has 1 atom stereocenters. The number of rotatable bonds is 3. The van der Waals surface area contributed by atoms with Crippen LogP contribution in [0.5, 0.6) is 0 Å². The second kappa shape index (κ2) is 5.40. The number of aromatic amines is 1. The van der Waals surface area contributed by atoms with Crippen molar-refractivity contribution in [3.05, 3.63) is 33.8 Å². The summed E-state index contributed by atoms with van der Waals surface area (Å²) in [5.74, 6) is 0.927. The smallest absolute Gasteiger partial charge is 0.136 e. The van der Waals surface area contributed by atoms with Gasteiger partial charge in [0.2, 0.25) is 0 Å². The van der Waals surface area contributed by atoms with Crippen molar-refractivity contribution in [2.24, 2.45) is 0 Å². The van der Waals surface area contributed by atoms with Crippen LogP contribution < -0.4 is 0 Å². The van der Waals surface area contributed by atoms with Crippen LogP contribution in [0.15, 0.2) is 11.6 Å². The molecule has 1 N–H and O–H groups in total. The van der Waals surface area contributed by atoms with Crippen molar-refractivity contribution >= 4 is 11.3 Å².